The first kappa shape index (κ1) is 17.0. The number of hydrogen-bond donors (Lipinski definition) is 5. The Morgan fingerprint density at radius 3 is 2.72 bits per heavy atom. The van der Waals surface area contributed by atoms with Gasteiger partial charge in [0, 0.05) is 0 Å². The molecule has 12 heteroatoms. The number of anilines is 1. The first-order chi connectivity index (χ1) is 11.8. The summed E-state index contributed by atoms with van der Waals surface area (Å²) in [6.07, 6.45) is -3.17. The Bertz CT molecular complexity index is 824. The highest BCUT2D eigenvalue weighted by molar-refractivity contribution is 5.87. The molecule has 0 aliphatic carbocycles. The summed E-state index contributed by atoms with van der Waals surface area (Å²) in [5.74, 6) is -1.98. The molecule has 3 heterocycles. The van der Waals surface area contributed by atoms with Crippen LogP contribution in [0, 0.1) is 0 Å². The molecule has 25 heavy (non-hydrogen) atoms. The minimum atomic E-state index is -1.57. The van der Waals surface area contributed by atoms with E-state index in [2.05, 4.69) is 20.3 Å². The smallest absolute Gasteiger partial charge is 0.325 e. The van der Waals surface area contributed by atoms with Crippen LogP contribution in [0.5, 0.6) is 0 Å². The van der Waals surface area contributed by atoms with Gasteiger partial charge in [0.1, 0.15) is 30.1 Å². The maximum absolute atomic E-state index is 12.1. The topological polar surface area (TPSA) is 186 Å². The minimum Gasteiger partial charge on any atom is -0.480 e. The van der Waals surface area contributed by atoms with Gasteiger partial charge in [0.05, 0.1) is 6.33 Å². The summed E-state index contributed by atoms with van der Waals surface area (Å²) in [6, 6.07) is -1.18. The van der Waals surface area contributed by atoms with Crippen LogP contribution in [0.4, 0.5) is 5.82 Å². The van der Waals surface area contributed by atoms with Crippen LogP contribution >= 0.6 is 0 Å². The number of hydrogen-bond acceptors (Lipinski definition) is 9. The maximum atomic E-state index is 12.1. The van der Waals surface area contributed by atoms with Gasteiger partial charge in [-0.1, -0.05) is 0 Å². The van der Waals surface area contributed by atoms with Crippen molar-refractivity contribution in [3.8, 4) is 0 Å². The van der Waals surface area contributed by atoms with Crippen molar-refractivity contribution in [1.29, 1.82) is 0 Å². The van der Waals surface area contributed by atoms with Gasteiger partial charge < -0.3 is 31.1 Å². The Kier molecular flexibility index (Phi) is 4.24. The molecule has 2 aromatic heterocycles. The number of amides is 1. The third-order valence-electron chi connectivity index (χ3n) is 3.89. The summed E-state index contributed by atoms with van der Waals surface area (Å²) < 4.78 is 6.75. The van der Waals surface area contributed by atoms with E-state index in [4.69, 9.17) is 15.6 Å². The Morgan fingerprint density at radius 2 is 2.04 bits per heavy atom. The summed E-state index contributed by atoms with van der Waals surface area (Å²) in [7, 11) is 0. The number of aliphatic carboxylic acids is 1. The fourth-order valence-electron chi connectivity index (χ4n) is 2.52. The quantitative estimate of drug-likeness (QED) is 0.397. The number of nitrogens with zero attached hydrogens (tertiary/aromatic N) is 4. The van der Waals surface area contributed by atoms with Gasteiger partial charge in [0.25, 0.3) is 5.91 Å². The number of aliphatic hydroxyl groups is 2. The lowest BCUT2D eigenvalue weighted by atomic mass is 10.1. The molecule has 0 unspecified atom stereocenters. The highest BCUT2D eigenvalue weighted by atomic mass is 16.6. The van der Waals surface area contributed by atoms with Gasteiger partial charge >= 0.3 is 5.97 Å². The Labute approximate surface area is 140 Å². The summed E-state index contributed by atoms with van der Waals surface area (Å²) in [4.78, 5) is 34.8. The number of aliphatic hydroxyl groups excluding tert-OH is 2. The summed E-state index contributed by atoms with van der Waals surface area (Å²) in [6.45, 7) is 1.26. The molecule has 3 rings (SSSR count). The number of imidazole rings is 1. The zero-order valence-electron chi connectivity index (χ0n) is 13.0. The molecule has 0 spiro atoms. The lowest BCUT2D eigenvalue weighted by Gasteiger charge is -2.17. The van der Waals surface area contributed by atoms with Crippen molar-refractivity contribution in [3.63, 3.8) is 0 Å². The first-order valence-electron chi connectivity index (χ1n) is 7.29. The van der Waals surface area contributed by atoms with Crippen molar-refractivity contribution in [2.75, 3.05) is 5.73 Å². The molecule has 12 nitrogen and oxygen atoms in total. The van der Waals surface area contributed by atoms with Crippen molar-refractivity contribution in [2.45, 2.75) is 37.5 Å². The molecule has 2 aromatic rings. The van der Waals surface area contributed by atoms with Crippen LogP contribution in [0.1, 0.15) is 13.2 Å². The van der Waals surface area contributed by atoms with E-state index in [1.165, 1.54) is 24.1 Å². The molecule has 0 radical (unpaired) electrons. The standard InChI is InChI=1S/C13H16N6O6/c1-4(13(23)24)18-11(22)8-6(20)7(21)12(25-8)19-3-17-5-9(14)15-2-16-10(5)19/h2-4,6-8,12,20-21H,1H3,(H,18,22)(H,23,24)(H2,14,15,16)/t4-,6+,7-,8+,12-/m1/s1. The second-order valence-electron chi connectivity index (χ2n) is 5.58. The number of nitrogen functional groups attached to an aromatic ring is 1. The molecule has 0 bridgehead atoms. The number of carbonyl (C=O) groups is 2. The third kappa shape index (κ3) is 2.86. The average Bonchev–Trinajstić information content (AvgIpc) is 3.11. The summed E-state index contributed by atoms with van der Waals surface area (Å²) in [5.41, 5.74) is 6.22. The number of rotatable bonds is 4. The van der Waals surface area contributed by atoms with Gasteiger partial charge in [-0.05, 0) is 6.92 Å². The van der Waals surface area contributed by atoms with Gasteiger partial charge in [0.15, 0.2) is 23.8 Å². The van der Waals surface area contributed by atoms with Crippen molar-refractivity contribution in [1.82, 2.24) is 24.8 Å². The van der Waals surface area contributed by atoms with Gasteiger partial charge in [0.2, 0.25) is 0 Å². The number of nitrogens with two attached hydrogens (primary N) is 1. The van der Waals surface area contributed by atoms with Crippen LogP contribution in [0.3, 0.4) is 0 Å². The predicted octanol–water partition coefficient (Wildman–Crippen LogP) is -2.38. The maximum Gasteiger partial charge on any atom is 0.325 e. The second kappa shape index (κ2) is 6.23. The Hall–Kier alpha value is -2.83. The van der Waals surface area contributed by atoms with Crippen LogP contribution < -0.4 is 11.1 Å². The van der Waals surface area contributed by atoms with Crippen molar-refractivity contribution in [2.24, 2.45) is 0 Å². The largest absolute Gasteiger partial charge is 0.480 e. The van der Waals surface area contributed by atoms with E-state index >= 15 is 0 Å². The number of carboxylic acids is 1. The van der Waals surface area contributed by atoms with E-state index in [9.17, 15) is 19.8 Å². The number of ether oxygens (including phenoxy) is 1. The molecule has 1 amide bonds. The number of nitrogens with one attached hydrogen (secondary N) is 1. The van der Waals surface area contributed by atoms with Gasteiger partial charge in [-0.2, -0.15) is 0 Å². The van der Waals surface area contributed by atoms with E-state index in [1.807, 2.05) is 0 Å². The molecule has 1 aliphatic rings. The van der Waals surface area contributed by atoms with Crippen LogP contribution in [0.25, 0.3) is 11.2 Å². The predicted molar refractivity (Wildman–Crippen MR) is 80.9 cm³/mol. The zero-order valence-corrected chi connectivity index (χ0v) is 13.0. The first-order valence-corrected chi connectivity index (χ1v) is 7.29. The molecular formula is C13H16N6O6. The molecule has 5 atom stereocenters. The number of aromatic nitrogens is 4. The van der Waals surface area contributed by atoms with E-state index in [0.29, 0.717) is 0 Å². The number of fused-ring (bicyclic) bond motifs is 1. The molecule has 1 aliphatic heterocycles. The minimum absolute atomic E-state index is 0.126. The monoisotopic (exact) mass is 352 g/mol. The molecular weight excluding hydrogens is 336 g/mol. The van der Waals surface area contributed by atoms with Crippen LogP contribution in [0.15, 0.2) is 12.7 Å². The molecule has 1 fully saturated rings. The van der Waals surface area contributed by atoms with Gasteiger partial charge in [-0.15, -0.1) is 0 Å². The van der Waals surface area contributed by atoms with E-state index in [0.717, 1.165) is 0 Å². The normalized spacial score (nSPS) is 27.3. The lowest BCUT2D eigenvalue weighted by Crippen LogP contribution is -2.48. The molecule has 6 N–H and O–H groups in total. The fraction of sp³-hybridized carbons (Fsp3) is 0.462. The van der Waals surface area contributed by atoms with E-state index < -0.39 is 42.5 Å². The summed E-state index contributed by atoms with van der Waals surface area (Å²) in [5, 5.41) is 31.3. The lowest BCUT2D eigenvalue weighted by molar-refractivity contribution is -0.145. The van der Waals surface area contributed by atoms with Crippen molar-refractivity contribution < 1.29 is 29.6 Å². The molecule has 134 valence electrons. The highest BCUT2D eigenvalue weighted by Crippen LogP contribution is 2.32. The summed E-state index contributed by atoms with van der Waals surface area (Å²) >= 11 is 0. The SMILES string of the molecule is C[C@@H](NC(=O)[C@H]1O[C@@H](n2cnc3c(N)ncnc32)[C@H](O)[C@@H]1O)C(=O)O. The Balaban J connectivity index is 1.85. The van der Waals surface area contributed by atoms with Gasteiger partial charge in [-0.3, -0.25) is 14.2 Å². The molecule has 0 saturated carbocycles. The molecule has 0 aromatic carbocycles. The van der Waals surface area contributed by atoms with E-state index in [1.54, 1.807) is 0 Å². The zero-order chi connectivity index (χ0) is 18.3. The van der Waals surface area contributed by atoms with Gasteiger partial charge in [-0.25, -0.2) is 15.0 Å². The Morgan fingerprint density at radius 1 is 1.32 bits per heavy atom. The third-order valence-corrected chi connectivity index (χ3v) is 3.89. The number of carbonyl (C=O) groups excluding carboxylic acids is 1. The second-order valence-corrected chi connectivity index (χ2v) is 5.58. The van der Waals surface area contributed by atoms with Crippen molar-refractivity contribution >= 4 is 28.9 Å². The molecule has 1 saturated heterocycles. The van der Waals surface area contributed by atoms with Crippen LogP contribution in [-0.4, -0.2) is 71.1 Å². The fourth-order valence-corrected chi connectivity index (χ4v) is 2.52. The number of carboxylic acid groups (broad SMARTS) is 1. The van der Waals surface area contributed by atoms with E-state index in [-0.39, 0.29) is 17.0 Å². The van der Waals surface area contributed by atoms with Crippen LogP contribution in [0.2, 0.25) is 0 Å². The van der Waals surface area contributed by atoms with Crippen LogP contribution in [-0.2, 0) is 14.3 Å². The highest BCUT2D eigenvalue weighted by Gasteiger charge is 2.48. The average molecular weight is 352 g/mol. The van der Waals surface area contributed by atoms with Crippen molar-refractivity contribution in [3.05, 3.63) is 12.7 Å².